The van der Waals surface area contributed by atoms with Crippen molar-refractivity contribution in [3.63, 3.8) is 0 Å². The van der Waals surface area contributed by atoms with Crippen LogP contribution in [-0.2, 0) is 14.6 Å². The van der Waals surface area contributed by atoms with Gasteiger partial charge >= 0.3 is 0 Å². The number of amides is 1. The van der Waals surface area contributed by atoms with E-state index in [9.17, 15) is 13.2 Å². The number of carbonyl (C=O) groups is 1. The van der Waals surface area contributed by atoms with E-state index in [-0.39, 0.29) is 23.3 Å². The second kappa shape index (κ2) is 8.69. The first-order chi connectivity index (χ1) is 13.4. The van der Waals surface area contributed by atoms with Gasteiger partial charge in [-0.1, -0.05) is 19.3 Å². The number of carbonyl (C=O) groups excluding carboxylic acids is 1. The van der Waals surface area contributed by atoms with Crippen LogP contribution in [0, 0.1) is 5.92 Å². The van der Waals surface area contributed by atoms with Crippen molar-refractivity contribution in [2.24, 2.45) is 5.92 Å². The first kappa shape index (κ1) is 20.9. The molecule has 1 saturated carbocycles. The van der Waals surface area contributed by atoms with E-state index in [0.29, 0.717) is 24.3 Å². The number of ether oxygens (including phenoxy) is 2. The van der Waals surface area contributed by atoms with E-state index < -0.39 is 14.7 Å². The maximum atomic E-state index is 13.6. The van der Waals surface area contributed by atoms with E-state index in [2.05, 4.69) is 10.6 Å². The van der Waals surface area contributed by atoms with Crippen LogP contribution in [0.25, 0.3) is 0 Å². The minimum Gasteiger partial charge on any atom is -0.493 e. The van der Waals surface area contributed by atoms with Gasteiger partial charge in [0.1, 0.15) is 0 Å². The zero-order chi connectivity index (χ0) is 20.2. The Kier molecular flexibility index (Phi) is 6.50. The van der Waals surface area contributed by atoms with Gasteiger partial charge in [0, 0.05) is 18.5 Å². The molecule has 28 heavy (non-hydrogen) atoms. The summed E-state index contributed by atoms with van der Waals surface area (Å²) in [5, 5.41) is 6.11. The molecule has 1 aliphatic carbocycles. The molecule has 8 heteroatoms. The lowest BCUT2D eigenvalue weighted by Gasteiger charge is -2.39. The molecule has 0 unspecified atom stereocenters. The van der Waals surface area contributed by atoms with Crippen LogP contribution in [0.15, 0.2) is 23.1 Å². The maximum Gasteiger partial charge on any atom is 0.224 e. The molecule has 0 bridgehead atoms. The largest absolute Gasteiger partial charge is 0.493 e. The van der Waals surface area contributed by atoms with E-state index in [1.807, 2.05) is 0 Å². The molecule has 7 nitrogen and oxygen atoms in total. The molecular formula is C20H30N2O5S. The van der Waals surface area contributed by atoms with Gasteiger partial charge in [0.15, 0.2) is 16.4 Å². The van der Waals surface area contributed by atoms with Crippen molar-refractivity contribution >= 4 is 15.7 Å². The molecule has 3 rings (SSSR count). The summed E-state index contributed by atoms with van der Waals surface area (Å²) < 4.78 is 37.8. The average Bonchev–Trinajstić information content (AvgIpc) is 2.74. The fourth-order valence-electron chi connectivity index (χ4n) is 4.18. The molecule has 2 N–H and O–H groups in total. The second-order valence-corrected chi connectivity index (χ2v) is 9.88. The molecule has 1 aromatic rings. The number of rotatable bonds is 6. The normalized spacial score (nSPS) is 23.8. The van der Waals surface area contributed by atoms with E-state index >= 15 is 0 Å². The van der Waals surface area contributed by atoms with Crippen LogP contribution in [-0.4, -0.2) is 46.5 Å². The zero-order valence-electron chi connectivity index (χ0n) is 16.6. The van der Waals surface area contributed by atoms with Crippen molar-refractivity contribution in [1.29, 1.82) is 0 Å². The Labute approximate surface area is 167 Å². The number of hydrogen-bond donors (Lipinski definition) is 2. The molecule has 0 radical (unpaired) electrons. The highest BCUT2D eigenvalue weighted by atomic mass is 32.2. The highest BCUT2D eigenvalue weighted by Gasteiger charge is 2.47. The van der Waals surface area contributed by atoms with Gasteiger partial charge in [-0.3, -0.25) is 4.79 Å². The van der Waals surface area contributed by atoms with Gasteiger partial charge in [0.05, 0.1) is 19.1 Å². The summed E-state index contributed by atoms with van der Waals surface area (Å²) in [6.07, 6.45) is 5.89. The maximum absolute atomic E-state index is 13.6. The monoisotopic (exact) mass is 410 g/mol. The molecule has 1 amide bonds. The first-order valence-corrected chi connectivity index (χ1v) is 11.4. The van der Waals surface area contributed by atoms with E-state index in [1.54, 1.807) is 6.07 Å². The van der Waals surface area contributed by atoms with Crippen molar-refractivity contribution in [3.8, 4) is 11.5 Å². The number of hydrogen-bond acceptors (Lipinski definition) is 6. The molecule has 2 fully saturated rings. The quantitative estimate of drug-likeness (QED) is 0.747. The average molecular weight is 411 g/mol. The van der Waals surface area contributed by atoms with Crippen LogP contribution in [0.1, 0.15) is 44.9 Å². The van der Waals surface area contributed by atoms with Crippen LogP contribution < -0.4 is 20.1 Å². The summed E-state index contributed by atoms with van der Waals surface area (Å²) in [5.41, 5.74) is 0. The highest BCUT2D eigenvalue weighted by molar-refractivity contribution is 7.92. The van der Waals surface area contributed by atoms with Gasteiger partial charge < -0.3 is 20.1 Å². The van der Waals surface area contributed by atoms with E-state index in [1.165, 1.54) is 26.4 Å². The van der Waals surface area contributed by atoms with Crippen LogP contribution in [0.3, 0.4) is 0 Å². The molecule has 1 saturated heterocycles. The summed E-state index contributed by atoms with van der Waals surface area (Å²) in [4.78, 5) is 11.7. The van der Waals surface area contributed by atoms with Crippen LogP contribution in [0.2, 0.25) is 0 Å². The third kappa shape index (κ3) is 3.98. The van der Waals surface area contributed by atoms with E-state index in [4.69, 9.17) is 9.47 Å². The third-order valence-electron chi connectivity index (χ3n) is 5.85. The van der Waals surface area contributed by atoms with Crippen molar-refractivity contribution in [2.75, 3.05) is 27.3 Å². The lowest BCUT2D eigenvalue weighted by atomic mass is 9.88. The molecule has 0 aromatic heterocycles. The van der Waals surface area contributed by atoms with Gasteiger partial charge in [-0.2, -0.15) is 0 Å². The molecular weight excluding hydrogens is 380 g/mol. The van der Waals surface area contributed by atoms with Crippen molar-refractivity contribution in [1.82, 2.24) is 10.6 Å². The molecule has 1 aliphatic heterocycles. The Balaban J connectivity index is 1.94. The Morgan fingerprint density at radius 3 is 2.43 bits per heavy atom. The topological polar surface area (TPSA) is 93.7 Å². The number of piperidine rings is 1. The fraction of sp³-hybridized carbons (Fsp3) is 0.650. The van der Waals surface area contributed by atoms with Crippen LogP contribution in [0.4, 0.5) is 0 Å². The van der Waals surface area contributed by atoms with Crippen LogP contribution in [0.5, 0.6) is 11.5 Å². The minimum atomic E-state index is -3.84. The van der Waals surface area contributed by atoms with Gasteiger partial charge in [-0.05, 0) is 44.4 Å². The van der Waals surface area contributed by atoms with Crippen molar-refractivity contribution in [3.05, 3.63) is 18.2 Å². The summed E-state index contributed by atoms with van der Waals surface area (Å²) in [6.45, 7) is 0.935. The summed E-state index contributed by atoms with van der Waals surface area (Å²) in [7, 11) is -0.873. The first-order valence-electron chi connectivity index (χ1n) is 9.93. The molecule has 0 spiro atoms. The van der Waals surface area contributed by atoms with Crippen molar-refractivity contribution < 1.29 is 22.7 Å². The lowest BCUT2D eigenvalue weighted by molar-refractivity contribution is -0.127. The number of benzene rings is 1. The Hall–Kier alpha value is -1.80. The van der Waals surface area contributed by atoms with Crippen LogP contribution >= 0.6 is 0 Å². The smallest absolute Gasteiger partial charge is 0.224 e. The molecule has 2 aliphatic rings. The summed E-state index contributed by atoms with van der Waals surface area (Å²) in [6, 6.07) is 4.57. The molecule has 1 heterocycles. The molecule has 156 valence electrons. The fourth-order valence-corrected chi connectivity index (χ4v) is 6.08. The summed E-state index contributed by atoms with van der Waals surface area (Å²) >= 11 is 0. The summed E-state index contributed by atoms with van der Waals surface area (Å²) in [5.74, 6) is 0.560. The second-order valence-electron chi connectivity index (χ2n) is 7.62. The van der Waals surface area contributed by atoms with Gasteiger partial charge in [0.2, 0.25) is 15.7 Å². The SMILES string of the molecule is COc1ccc(S(=O)(=O)[C@@]2(NC(=O)C3CCCCC3)CCCNC2)cc1OC. The number of sulfone groups is 1. The van der Waals surface area contributed by atoms with Gasteiger partial charge in [-0.15, -0.1) is 0 Å². The molecule has 1 atom stereocenters. The Morgan fingerprint density at radius 2 is 1.82 bits per heavy atom. The minimum absolute atomic E-state index is 0.104. The van der Waals surface area contributed by atoms with Gasteiger partial charge in [-0.25, -0.2) is 8.42 Å². The predicted molar refractivity (Wildman–Crippen MR) is 106 cm³/mol. The Bertz CT molecular complexity index is 797. The lowest BCUT2D eigenvalue weighted by Crippen LogP contribution is -2.63. The third-order valence-corrected chi connectivity index (χ3v) is 8.21. The molecule has 1 aromatic carbocycles. The highest BCUT2D eigenvalue weighted by Crippen LogP contribution is 2.36. The van der Waals surface area contributed by atoms with E-state index in [0.717, 1.165) is 38.6 Å². The van der Waals surface area contributed by atoms with Gasteiger partial charge in [0.25, 0.3) is 0 Å². The standard InChI is InChI=1S/C20H30N2O5S/c1-26-17-10-9-16(13-18(17)27-2)28(24,25)20(11-6-12-21-14-20)22-19(23)15-7-4-3-5-8-15/h9-10,13,15,21H,3-8,11-12,14H2,1-2H3,(H,22,23)/t20-/m0/s1. The number of nitrogens with one attached hydrogen (secondary N) is 2. The van der Waals surface area contributed by atoms with Crippen molar-refractivity contribution in [2.45, 2.75) is 54.7 Å². The predicted octanol–water partition coefficient (Wildman–Crippen LogP) is 2.25. The number of methoxy groups -OCH3 is 2. The Morgan fingerprint density at radius 1 is 1.11 bits per heavy atom. The zero-order valence-corrected chi connectivity index (χ0v) is 17.4.